The fourth-order valence-corrected chi connectivity index (χ4v) is 2.85. The molecule has 1 heterocycles. The third kappa shape index (κ3) is 4.25. The van der Waals surface area contributed by atoms with E-state index >= 15 is 0 Å². The van der Waals surface area contributed by atoms with Gasteiger partial charge >= 0.3 is 13.1 Å². The van der Waals surface area contributed by atoms with Crippen molar-refractivity contribution in [3.05, 3.63) is 28.8 Å². The molecule has 1 aromatic carbocycles. The van der Waals surface area contributed by atoms with Gasteiger partial charge in [-0.2, -0.15) is 0 Å². The predicted octanol–water partition coefficient (Wildman–Crippen LogP) is 0.435. The van der Waals surface area contributed by atoms with E-state index in [0.717, 1.165) is 0 Å². The van der Waals surface area contributed by atoms with Crippen LogP contribution in [0.2, 0.25) is 5.02 Å². The number of ether oxygens (including phenoxy) is 1. The predicted molar refractivity (Wildman–Crippen MR) is 86.5 cm³/mol. The lowest BCUT2D eigenvalue weighted by Crippen LogP contribution is -2.41. The van der Waals surface area contributed by atoms with Crippen LogP contribution in [0.25, 0.3) is 0 Å². The number of amides is 1. The smallest absolute Gasteiger partial charge is 0.466 e. The highest BCUT2D eigenvalue weighted by atomic mass is 35.5. The number of carbonyl (C=O) groups excluding carboxylic acids is 2. The molecule has 6 nitrogen and oxygen atoms in total. The highest BCUT2D eigenvalue weighted by Gasteiger charge is 2.29. The van der Waals surface area contributed by atoms with Crippen molar-refractivity contribution in [3.63, 3.8) is 0 Å². The molecule has 0 aliphatic carbocycles. The molecule has 0 spiro atoms. The largest absolute Gasteiger partial charge is 0.489 e. The summed E-state index contributed by atoms with van der Waals surface area (Å²) in [5.41, 5.74) is 0.436. The summed E-state index contributed by atoms with van der Waals surface area (Å²) in [6, 6.07) is 4.40. The molecular formula is C15H19BClNO5. The normalized spacial score (nSPS) is 15.4. The number of hydrogen-bond donors (Lipinski definition) is 2. The Kier molecular flexibility index (Phi) is 6.04. The SMILES string of the molecule is CCOC(=O)C1CCN(C(=O)c2ccc(Cl)c(B(O)O)c2)CC1. The summed E-state index contributed by atoms with van der Waals surface area (Å²) < 4.78 is 5.00. The summed E-state index contributed by atoms with van der Waals surface area (Å²) in [6.45, 7) is 3.04. The van der Waals surface area contributed by atoms with Gasteiger partial charge in [0.1, 0.15) is 0 Å². The zero-order valence-corrected chi connectivity index (χ0v) is 13.6. The average Bonchev–Trinajstić information content (AvgIpc) is 2.54. The second-order valence-electron chi connectivity index (χ2n) is 5.43. The molecule has 1 fully saturated rings. The molecule has 0 saturated carbocycles. The van der Waals surface area contributed by atoms with Gasteiger partial charge in [0.2, 0.25) is 0 Å². The maximum absolute atomic E-state index is 12.5. The molecule has 1 aliphatic rings. The molecule has 1 saturated heterocycles. The minimum absolute atomic E-state index is 0.0962. The zero-order valence-electron chi connectivity index (χ0n) is 12.9. The monoisotopic (exact) mass is 339 g/mol. The number of rotatable bonds is 4. The van der Waals surface area contributed by atoms with Crippen LogP contribution >= 0.6 is 11.6 Å². The van der Waals surface area contributed by atoms with Crippen molar-refractivity contribution < 1.29 is 24.4 Å². The van der Waals surface area contributed by atoms with Crippen LogP contribution in [0.5, 0.6) is 0 Å². The van der Waals surface area contributed by atoms with Crippen LogP contribution in [0.3, 0.4) is 0 Å². The number of halogens is 1. The third-order valence-electron chi connectivity index (χ3n) is 3.92. The Morgan fingerprint density at radius 3 is 2.57 bits per heavy atom. The number of benzene rings is 1. The fourth-order valence-electron chi connectivity index (χ4n) is 2.64. The molecule has 1 aliphatic heterocycles. The van der Waals surface area contributed by atoms with Crippen LogP contribution in [0.4, 0.5) is 0 Å². The molecule has 23 heavy (non-hydrogen) atoms. The Labute approximate surface area is 140 Å². The Bertz CT molecular complexity index is 587. The van der Waals surface area contributed by atoms with Crippen molar-refractivity contribution in [1.82, 2.24) is 4.90 Å². The summed E-state index contributed by atoms with van der Waals surface area (Å²) >= 11 is 5.87. The first-order valence-electron chi connectivity index (χ1n) is 7.55. The summed E-state index contributed by atoms with van der Waals surface area (Å²) in [4.78, 5) is 25.8. The van der Waals surface area contributed by atoms with Gasteiger partial charge in [-0.15, -0.1) is 0 Å². The standard InChI is InChI=1S/C15H19BClNO5/c1-2-23-15(20)10-5-7-18(8-6-10)14(19)11-3-4-13(17)12(9-11)16(21)22/h3-4,9-10,21-22H,2,5-8H2,1H3. The molecule has 1 aromatic rings. The number of likely N-dealkylation sites (tertiary alicyclic amines) is 1. The van der Waals surface area contributed by atoms with E-state index in [1.54, 1.807) is 17.9 Å². The van der Waals surface area contributed by atoms with Crippen molar-refractivity contribution in [2.45, 2.75) is 19.8 Å². The summed E-state index contributed by atoms with van der Waals surface area (Å²) in [5.74, 6) is -0.596. The van der Waals surface area contributed by atoms with Gasteiger partial charge in [-0.05, 0) is 38.0 Å². The molecule has 124 valence electrons. The number of esters is 1. The van der Waals surface area contributed by atoms with Gasteiger partial charge in [-0.1, -0.05) is 11.6 Å². The number of piperidine rings is 1. The zero-order chi connectivity index (χ0) is 17.0. The molecule has 2 N–H and O–H groups in total. The van der Waals surface area contributed by atoms with Crippen LogP contribution in [0, 0.1) is 5.92 Å². The first-order valence-corrected chi connectivity index (χ1v) is 7.93. The highest BCUT2D eigenvalue weighted by Crippen LogP contribution is 2.20. The quantitative estimate of drug-likeness (QED) is 0.614. The van der Waals surface area contributed by atoms with E-state index in [2.05, 4.69) is 0 Å². The van der Waals surface area contributed by atoms with Crippen molar-refractivity contribution in [2.24, 2.45) is 5.92 Å². The molecule has 0 atom stereocenters. The molecule has 0 bridgehead atoms. The minimum Gasteiger partial charge on any atom is -0.466 e. The number of nitrogens with zero attached hydrogens (tertiary/aromatic N) is 1. The number of carbonyl (C=O) groups is 2. The topological polar surface area (TPSA) is 87.1 Å². The van der Waals surface area contributed by atoms with Crippen molar-refractivity contribution in [1.29, 1.82) is 0 Å². The molecule has 8 heteroatoms. The Morgan fingerprint density at radius 2 is 2.00 bits per heavy atom. The first kappa shape index (κ1) is 17.8. The van der Waals surface area contributed by atoms with Gasteiger partial charge in [-0.25, -0.2) is 0 Å². The van der Waals surface area contributed by atoms with E-state index in [1.807, 2.05) is 0 Å². The third-order valence-corrected chi connectivity index (χ3v) is 4.27. The lowest BCUT2D eigenvalue weighted by Gasteiger charge is -2.31. The van der Waals surface area contributed by atoms with E-state index in [0.29, 0.717) is 38.1 Å². The fraction of sp³-hybridized carbons (Fsp3) is 0.467. The maximum Gasteiger partial charge on any atom is 0.489 e. The van der Waals surface area contributed by atoms with Gasteiger partial charge in [0.25, 0.3) is 5.91 Å². The minimum atomic E-state index is -1.73. The lowest BCUT2D eigenvalue weighted by atomic mass is 9.79. The summed E-state index contributed by atoms with van der Waals surface area (Å²) in [7, 11) is -1.73. The Balaban J connectivity index is 2.03. The Hall–Kier alpha value is -1.57. The van der Waals surface area contributed by atoms with Crippen LogP contribution in [-0.2, 0) is 9.53 Å². The molecule has 0 aromatic heterocycles. The van der Waals surface area contributed by atoms with Crippen LogP contribution in [0.1, 0.15) is 30.1 Å². The van der Waals surface area contributed by atoms with Crippen LogP contribution in [0.15, 0.2) is 18.2 Å². The summed E-state index contributed by atoms with van der Waals surface area (Å²) in [6.07, 6.45) is 1.13. The molecule has 2 rings (SSSR count). The number of hydrogen-bond acceptors (Lipinski definition) is 5. The van der Waals surface area contributed by atoms with E-state index in [-0.39, 0.29) is 28.3 Å². The van der Waals surface area contributed by atoms with Crippen molar-refractivity contribution >= 4 is 36.1 Å². The molecular weight excluding hydrogens is 320 g/mol. The van der Waals surface area contributed by atoms with Gasteiger partial charge in [-0.3, -0.25) is 9.59 Å². The second-order valence-corrected chi connectivity index (χ2v) is 5.84. The Morgan fingerprint density at radius 1 is 1.35 bits per heavy atom. The highest BCUT2D eigenvalue weighted by molar-refractivity contribution is 6.62. The van der Waals surface area contributed by atoms with E-state index < -0.39 is 7.12 Å². The molecule has 0 unspecified atom stereocenters. The summed E-state index contributed by atoms with van der Waals surface area (Å²) in [5, 5.41) is 18.7. The van der Waals surface area contributed by atoms with Crippen molar-refractivity contribution in [3.8, 4) is 0 Å². The van der Waals surface area contributed by atoms with Crippen LogP contribution < -0.4 is 5.46 Å². The van der Waals surface area contributed by atoms with Crippen LogP contribution in [-0.4, -0.2) is 53.6 Å². The second kappa shape index (κ2) is 7.81. The first-order chi connectivity index (χ1) is 10.9. The maximum atomic E-state index is 12.5. The van der Waals surface area contributed by atoms with E-state index in [9.17, 15) is 19.6 Å². The van der Waals surface area contributed by atoms with Gasteiger partial charge in [0, 0.05) is 29.1 Å². The average molecular weight is 340 g/mol. The molecule has 1 amide bonds. The van der Waals surface area contributed by atoms with Gasteiger partial charge in [0.15, 0.2) is 0 Å². The van der Waals surface area contributed by atoms with Gasteiger partial charge in [0.05, 0.1) is 12.5 Å². The molecule has 0 radical (unpaired) electrons. The van der Waals surface area contributed by atoms with E-state index in [1.165, 1.54) is 12.1 Å². The van der Waals surface area contributed by atoms with Gasteiger partial charge < -0.3 is 19.7 Å². The van der Waals surface area contributed by atoms with E-state index in [4.69, 9.17) is 16.3 Å². The lowest BCUT2D eigenvalue weighted by molar-refractivity contribution is -0.149. The van der Waals surface area contributed by atoms with Crippen molar-refractivity contribution in [2.75, 3.05) is 19.7 Å².